The summed E-state index contributed by atoms with van der Waals surface area (Å²) in [5.74, 6) is 0.105. The Hall–Kier alpha value is -3.27. The predicted molar refractivity (Wildman–Crippen MR) is 125 cm³/mol. The Kier molecular flexibility index (Phi) is 7.47. The number of nitrogens with one attached hydrogen (secondary N) is 1. The van der Waals surface area contributed by atoms with Crippen LogP contribution in [0.5, 0.6) is 11.5 Å². The molecule has 33 heavy (non-hydrogen) atoms. The second-order valence-electron chi connectivity index (χ2n) is 7.85. The smallest absolute Gasteiger partial charge is 0.244 e. The molecule has 0 aliphatic carbocycles. The summed E-state index contributed by atoms with van der Waals surface area (Å²) >= 11 is 0. The average Bonchev–Trinajstić information content (AvgIpc) is 3.25. The highest BCUT2D eigenvalue weighted by atomic mass is 32.2. The molecule has 0 spiro atoms. The van der Waals surface area contributed by atoms with Crippen molar-refractivity contribution >= 4 is 27.5 Å². The van der Waals surface area contributed by atoms with Crippen LogP contribution in [0.25, 0.3) is 0 Å². The van der Waals surface area contributed by atoms with Crippen molar-refractivity contribution in [1.82, 2.24) is 10.2 Å². The third-order valence-electron chi connectivity index (χ3n) is 5.43. The molecule has 9 nitrogen and oxygen atoms in total. The topological polar surface area (TPSA) is 105 Å². The summed E-state index contributed by atoms with van der Waals surface area (Å²) in [6.45, 7) is 3.52. The Labute approximate surface area is 194 Å². The van der Waals surface area contributed by atoms with Crippen molar-refractivity contribution in [2.24, 2.45) is 0 Å². The number of amides is 2. The third-order valence-corrected chi connectivity index (χ3v) is 6.57. The average molecular weight is 476 g/mol. The molecule has 2 aromatic rings. The molecule has 0 saturated heterocycles. The molecule has 2 aromatic carbocycles. The molecular weight excluding hydrogens is 446 g/mol. The van der Waals surface area contributed by atoms with E-state index in [0.717, 1.165) is 21.7 Å². The second-order valence-corrected chi connectivity index (χ2v) is 9.76. The first-order chi connectivity index (χ1) is 15.6. The summed E-state index contributed by atoms with van der Waals surface area (Å²) in [5.41, 5.74) is 2.18. The zero-order valence-corrected chi connectivity index (χ0v) is 20.0. The highest BCUT2D eigenvalue weighted by Crippen LogP contribution is 2.36. The number of benzene rings is 2. The highest BCUT2D eigenvalue weighted by molar-refractivity contribution is 7.92. The van der Waals surface area contributed by atoms with Crippen LogP contribution in [-0.2, 0) is 26.2 Å². The predicted octanol–water partition coefficient (Wildman–Crippen LogP) is 2.04. The molecule has 0 fully saturated rings. The molecule has 1 aliphatic heterocycles. The van der Waals surface area contributed by atoms with Gasteiger partial charge in [0.15, 0.2) is 11.5 Å². The van der Waals surface area contributed by atoms with Gasteiger partial charge in [-0.2, -0.15) is 0 Å². The molecular formula is C23H29N3O6S. The quantitative estimate of drug-likeness (QED) is 0.595. The molecule has 1 atom stereocenters. The zero-order valence-electron chi connectivity index (χ0n) is 19.2. The molecule has 3 rings (SSSR count). The minimum atomic E-state index is -3.81. The van der Waals surface area contributed by atoms with Crippen molar-refractivity contribution in [3.05, 3.63) is 53.6 Å². The van der Waals surface area contributed by atoms with Gasteiger partial charge in [0.05, 0.1) is 11.9 Å². The van der Waals surface area contributed by atoms with Crippen LogP contribution in [0.3, 0.4) is 0 Å². The van der Waals surface area contributed by atoms with Gasteiger partial charge in [0.2, 0.25) is 28.6 Å². The number of carbonyl (C=O) groups is 2. The third kappa shape index (κ3) is 5.75. The Morgan fingerprint density at radius 3 is 2.36 bits per heavy atom. The number of sulfonamides is 1. The van der Waals surface area contributed by atoms with Crippen LogP contribution in [0.4, 0.5) is 5.69 Å². The number of aryl methyl sites for hydroxylation is 1. The van der Waals surface area contributed by atoms with Gasteiger partial charge >= 0.3 is 0 Å². The molecule has 1 unspecified atom stereocenters. The molecule has 1 N–H and O–H groups in total. The highest BCUT2D eigenvalue weighted by Gasteiger charge is 2.31. The van der Waals surface area contributed by atoms with Crippen LogP contribution < -0.4 is 19.1 Å². The standard InChI is InChI=1S/C23H29N3O6S/c1-5-19(23(28)24-3)25(13-17-8-6-16(2)7-9-17)22(27)14-26(33(4,29)30)18-10-11-20-21(12-18)32-15-31-20/h6-12,19H,5,13-15H2,1-4H3,(H,24,28). The van der Waals surface area contributed by atoms with Gasteiger partial charge in [0.25, 0.3) is 0 Å². The van der Waals surface area contributed by atoms with Gasteiger partial charge in [-0.1, -0.05) is 36.8 Å². The van der Waals surface area contributed by atoms with E-state index < -0.39 is 28.5 Å². The fraction of sp³-hybridized carbons (Fsp3) is 0.391. The van der Waals surface area contributed by atoms with Crippen LogP contribution >= 0.6 is 0 Å². The fourth-order valence-electron chi connectivity index (χ4n) is 3.63. The lowest BCUT2D eigenvalue weighted by atomic mass is 10.1. The van der Waals surface area contributed by atoms with Crippen molar-refractivity contribution < 1.29 is 27.5 Å². The molecule has 0 aromatic heterocycles. The molecule has 10 heteroatoms. The summed E-state index contributed by atoms with van der Waals surface area (Å²) in [7, 11) is -2.30. The van der Waals surface area contributed by atoms with Crippen LogP contribution in [0.1, 0.15) is 24.5 Å². The number of fused-ring (bicyclic) bond motifs is 1. The lowest BCUT2D eigenvalue weighted by Gasteiger charge is -2.32. The van der Waals surface area contributed by atoms with E-state index in [1.54, 1.807) is 12.1 Å². The number of hydrogen-bond acceptors (Lipinski definition) is 6. The first-order valence-corrected chi connectivity index (χ1v) is 12.4. The van der Waals surface area contributed by atoms with Crippen molar-refractivity contribution in [2.75, 3.05) is 30.9 Å². The maximum absolute atomic E-state index is 13.5. The molecule has 2 amide bonds. The Morgan fingerprint density at radius 1 is 1.09 bits per heavy atom. The van der Waals surface area contributed by atoms with Crippen molar-refractivity contribution in [3.63, 3.8) is 0 Å². The Morgan fingerprint density at radius 2 is 1.76 bits per heavy atom. The van der Waals surface area contributed by atoms with E-state index in [4.69, 9.17) is 9.47 Å². The SMILES string of the molecule is CCC(C(=O)NC)N(Cc1ccc(C)cc1)C(=O)CN(c1ccc2c(c1)OCO2)S(C)(=O)=O. The maximum atomic E-state index is 13.5. The monoisotopic (exact) mass is 475 g/mol. The van der Waals surface area contributed by atoms with Gasteiger partial charge in [-0.05, 0) is 31.0 Å². The molecule has 178 valence electrons. The van der Waals surface area contributed by atoms with Gasteiger partial charge in [0.1, 0.15) is 12.6 Å². The van der Waals surface area contributed by atoms with Gasteiger partial charge < -0.3 is 19.7 Å². The summed E-state index contributed by atoms with van der Waals surface area (Å²) < 4.78 is 36.9. The lowest BCUT2D eigenvalue weighted by Crippen LogP contribution is -2.51. The molecule has 0 bridgehead atoms. The number of rotatable bonds is 9. The van der Waals surface area contributed by atoms with E-state index in [2.05, 4.69) is 5.32 Å². The minimum absolute atomic E-state index is 0.0469. The number of likely N-dealkylation sites (N-methyl/N-ethyl adjacent to an activating group) is 1. The second kappa shape index (κ2) is 10.1. The van der Waals surface area contributed by atoms with Gasteiger partial charge in [0, 0.05) is 19.7 Å². The summed E-state index contributed by atoms with van der Waals surface area (Å²) in [5, 5.41) is 2.59. The zero-order chi connectivity index (χ0) is 24.2. The van der Waals surface area contributed by atoms with Crippen LogP contribution in [0.15, 0.2) is 42.5 Å². The largest absolute Gasteiger partial charge is 0.454 e. The number of carbonyl (C=O) groups excluding carboxylic acids is 2. The van der Waals surface area contributed by atoms with Gasteiger partial charge in [-0.15, -0.1) is 0 Å². The summed E-state index contributed by atoms with van der Waals surface area (Å²) in [6, 6.07) is 11.6. The molecule has 1 heterocycles. The molecule has 1 aliphatic rings. The van der Waals surface area contributed by atoms with Crippen LogP contribution in [0, 0.1) is 6.92 Å². The Balaban J connectivity index is 1.93. The van der Waals surface area contributed by atoms with Crippen molar-refractivity contribution in [2.45, 2.75) is 32.9 Å². The van der Waals surface area contributed by atoms with E-state index in [0.29, 0.717) is 17.9 Å². The van der Waals surface area contributed by atoms with Crippen molar-refractivity contribution in [3.8, 4) is 11.5 Å². The summed E-state index contributed by atoms with van der Waals surface area (Å²) in [4.78, 5) is 27.5. The van der Waals surface area contributed by atoms with Gasteiger partial charge in [-0.25, -0.2) is 8.42 Å². The number of anilines is 1. The van der Waals surface area contributed by atoms with E-state index >= 15 is 0 Å². The van der Waals surface area contributed by atoms with E-state index in [9.17, 15) is 18.0 Å². The van der Waals surface area contributed by atoms with Crippen LogP contribution in [-0.4, -0.2) is 57.8 Å². The molecule has 0 radical (unpaired) electrons. The first-order valence-electron chi connectivity index (χ1n) is 10.6. The van der Waals surface area contributed by atoms with Crippen molar-refractivity contribution in [1.29, 1.82) is 0 Å². The van der Waals surface area contributed by atoms with Gasteiger partial charge in [-0.3, -0.25) is 13.9 Å². The first kappa shape index (κ1) is 24.4. The Bertz CT molecular complexity index is 1120. The normalized spacial score (nSPS) is 13.3. The van der Waals surface area contributed by atoms with Crippen LogP contribution in [0.2, 0.25) is 0 Å². The number of nitrogens with zero attached hydrogens (tertiary/aromatic N) is 2. The number of hydrogen-bond donors (Lipinski definition) is 1. The number of ether oxygens (including phenoxy) is 2. The summed E-state index contributed by atoms with van der Waals surface area (Å²) in [6.07, 6.45) is 1.41. The molecule has 0 saturated carbocycles. The van der Waals surface area contributed by atoms with E-state index in [1.165, 1.54) is 18.0 Å². The van der Waals surface area contributed by atoms with E-state index in [1.807, 2.05) is 38.1 Å². The maximum Gasteiger partial charge on any atom is 0.244 e. The minimum Gasteiger partial charge on any atom is -0.454 e. The fourth-order valence-corrected chi connectivity index (χ4v) is 4.47. The lowest BCUT2D eigenvalue weighted by molar-refractivity contribution is -0.140. The van der Waals surface area contributed by atoms with E-state index in [-0.39, 0.29) is 24.9 Å².